The lowest BCUT2D eigenvalue weighted by Gasteiger charge is -2.35. The Labute approximate surface area is 171 Å². The van der Waals surface area contributed by atoms with Crippen LogP contribution in [0, 0.1) is 18.7 Å². The molecule has 0 aliphatic heterocycles. The van der Waals surface area contributed by atoms with Gasteiger partial charge in [0.1, 0.15) is 17.7 Å². The molecule has 0 bridgehead atoms. The first-order valence-corrected chi connectivity index (χ1v) is 10.4. The monoisotopic (exact) mass is 402 g/mol. The number of benzene rings is 1. The van der Waals surface area contributed by atoms with Crippen LogP contribution in [0.25, 0.3) is 0 Å². The smallest absolute Gasteiger partial charge is 0.245 e. The molecule has 3 rings (SSSR count). The fraction of sp³-hybridized carbons (Fsp3) is 0.619. The molecule has 2 aromatic rings. The van der Waals surface area contributed by atoms with Crippen molar-refractivity contribution >= 4 is 5.91 Å². The highest BCUT2D eigenvalue weighted by molar-refractivity contribution is 5.80. The average molecular weight is 403 g/mol. The first-order valence-electron chi connectivity index (χ1n) is 10.4. The number of nitrogens with one attached hydrogen (secondary N) is 1. The molecular weight excluding hydrogens is 371 g/mol. The van der Waals surface area contributed by atoms with E-state index in [1.54, 1.807) is 13.0 Å². The van der Waals surface area contributed by atoms with E-state index in [4.69, 9.17) is 0 Å². The molecule has 7 nitrogen and oxygen atoms in total. The number of hydrogen-bond acceptors (Lipinski definition) is 5. The van der Waals surface area contributed by atoms with Crippen LogP contribution in [-0.4, -0.2) is 57.7 Å². The van der Waals surface area contributed by atoms with Gasteiger partial charge in [0.2, 0.25) is 5.91 Å². The summed E-state index contributed by atoms with van der Waals surface area (Å²) in [6, 6.07) is 5.98. The number of aromatic nitrogens is 4. The molecule has 1 saturated carbocycles. The van der Waals surface area contributed by atoms with E-state index in [0.717, 1.165) is 5.56 Å². The summed E-state index contributed by atoms with van der Waals surface area (Å²) in [6.07, 6.45) is 6.56. The van der Waals surface area contributed by atoms with Gasteiger partial charge in [-0.15, -0.1) is 5.10 Å². The number of carbonyl (C=O) groups excluding carboxylic acids is 1. The first-order chi connectivity index (χ1) is 14.0. The van der Waals surface area contributed by atoms with Crippen molar-refractivity contribution in [1.82, 2.24) is 30.4 Å². The van der Waals surface area contributed by atoms with Crippen LogP contribution in [0.1, 0.15) is 49.5 Å². The van der Waals surface area contributed by atoms with Crippen molar-refractivity contribution in [2.45, 2.75) is 57.5 Å². The van der Waals surface area contributed by atoms with Crippen LogP contribution in [0.3, 0.4) is 0 Å². The summed E-state index contributed by atoms with van der Waals surface area (Å²) in [7, 11) is 4.14. The molecule has 8 heteroatoms. The number of nitrogens with zero attached hydrogens (tertiary/aromatic N) is 5. The van der Waals surface area contributed by atoms with Gasteiger partial charge in [-0.3, -0.25) is 4.79 Å². The Balaban J connectivity index is 1.73. The minimum Gasteiger partial charge on any atom is -0.353 e. The Bertz CT molecular complexity index is 802. The van der Waals surface area contributed by atoms with E-state index in [2.05, 4.69) is 39.8 Å². The zero-order valence-electron chi connectivity index (χ0n) is 17.5. The molecule has 1 aromatic heterocycles. The molecule has 1 aliphatic rings. The lowest BCUT2D eigenvalue weighted by Crippen LogP contribution is -2.47. The second kappa shape index (κ2) is 9.91. The third kappa shape index (κ3) is 5.59. The number of tetrazole rings is 1. The van der Waals surface area contributed by atoms with Gasteiger partial charge in [-0.2, -0.15) is 0 Å². The van der Waals surface area contributed by atoms with Gasteiger partial charge >= 0.3 is 0 Å². The van der Waals surface area contributed by atoms with Gasteiger partial charge in [-0.05, 0) is 67.9 Å². The third-order valence-electron chi connectivity index (χ3n) is 5.92. The lowest BCUT2D eigenvalue weighted by atomic mass is 9.83. The van der Waals surface area contributed by atoms with Gasteiger partial charge in [0.15, 0.2) is 0 Å². The van der Waals surface area contributed by atoms with Crippen molar-refractivity contribution in [3.63, 3.8) is 0 Å². The first kappa shape index (κ1) is 21.4. The van der Waals surface area contributed by atoms with E-state index in [9.17, 15) is 9.18 Å². The van der Waals surface area contributed by atoms with Crippen molar-refractivity contribution in [2.24, 2.45) is 5.92 Å². The Morgan fingerprint density at radius 3 is 2.69 bits per heavy atom. The van der Waals surface area contributed by atoms with E-state index in [-0.39, 0.29) is 11.7 Å². The van der Waals surface area contributed by atoms with Crippen molar-refractivity contribution in [3.05, 3.63) is 41.5 Å². The van der Waals surface area contributed by atoms with Crippen molar-refractivity contribution in [3.8, 4) is 0 Å². The summed E-state index contributed by atoms with van der Waals surface area (Å²) < 4.78 is 15.2. The van der Waals surface area contributed by atoms with Gasteiger partial charge in [0.05, 0.1) is 0 Å². The molecule has 1 fully saturated rings. The zero-order chi connectivity index (χ0) is 20.8. The Kier molecular flexibility index (Phi) is 7.30. The Hall–Kier alpha value is -2.35. The summed E-state index contributed by atoms with van der Waals surface area (Å²) in [5.74, 6) is 0.681. The van der Waals surface area contributed by atoms with E-state index >= 15 is 0 Å². The quantitative estimate of drug-likeness (QED) is 0.734. The van der Waals surface area contributed by atoms with Crippen LogP contribution < -0.4 is 5.32 Å². The zero-order valence-corrected chi connectivity index (χ0v) is 17.5. The summed E-state index contributed by atoms with van der Waals surface area (Å²) in [6.45, 7) is 2.34. The van der Waals surface area contributed by atoms with Crippen LogP contribution in [-0.2, 0) is 11.2 Å². The fourth-order valence-electron chi connectivity index (χ4n) is 4.32. The molecule has 2 atom stereocenters. The van der Waals surface area contributed by atoms with Gasteiger partial charge in [-0.1, -0.05) is 31.4 Å². The molecule has 0 unspecified atom stereocenters. The summed E-state index contributed by atoms with van der Waals surface area (Å²) >= 11 is 0. The maximum absolute atomic E-state index is 13.6. The highest BCUT2D eigenvalue weighted by atomic mass is 19.1. The molecule has 1 heterocycles. The van der Waals surface area contributed by atoms with Crippen molar-refractivity contribution < 1.29 is 9.18 Å². The largest absolute Gasteiger partial charge is 0.353 e. The maximum Gasteiger partial charge on any atom is 0.245 e. The standard InChI is InChI=1S/C21H31FN6O/c1-15-24-25-26-28(15)19(13-16-8-7-11-18(22)12-16)21(29)23-14-20(27(2)3)17-9-5-4-6-10-17/h7-8,11-12,17,19-20H,4-6,9-10,13-14H2,1-3H3,(H,23,29)/t19-,20+/m1/s1. The highest BCUT2D eigenvalue weighted by Crippen LogP contribution is 2.28. The van der Waals surface area contributed by atoms with Crippen LogP contribution >= 0.6 is 0 Å². The van der Waals surface area contributed by atoms with Crippen LogP contribution in [0.2, 0.25) is 0 Å². The number of carbonyl (C=O) groups is 1. The third-order valence-corrected chi connectivity index (χ3v) is 5.92. The van der Waals surface area contributed by atoms with Gasteiger partial charge in [-0.25, -0.2) is 9.07 Å². The van der Waals surface area contributed by atoms with Crippen LogP contribution in [0.15, 0.2) is 24.3 Å². The molecule has 0 radical (unpaired) electrons. The molecule has 0 spiro atoms. The SMILES string of the molecule is Cc1nnnn1[C@H](Cc1cccc(F)c1)C(=O)NC[C@@H](C1CCCCC1)N(C)C. The van der Waals surface area contributed by atoms with Gasteiger partial charge < -0.3 is 10.2 Å². The summed E-state index contributed by atoms with van der Waals surface area (Å²) in [5.41, 5.74) is 0.733. The normalized spacial score (nSPS) is 17.3. The number of likely N-dealkylation sites (N-methyl/N-ethyl adjacent to an activating group) is 1. The number of amides is 1. The van der Waals surface area contributed by atoms with E-state index in [0.29, 0.717) is 30.7 Å². The van der Waals surface area contributed by atoms with E-state index < -0.39 is 6.04 Å². The predicted molar refractivity (Wildman–Crippen MR) is 109 cm³/mol. The molecule has 29 heavy (non-hydrogen) atoms. The molecule has 1 aliphatic carbocycles. The fourth-order valence-corrected chi connectivity index (χ4v) is 4.32. The molecule has 0 saturated heterocycles. The van der Waals surface area contributed by atoms with E-state index in [1.165, 1.54) is 48.9 Å². The number of hydrogen-bond donors (Lipinski definition) is 1. The van der Waals surface area contributed by atoms with E-state index in [1.807, 2.05) is 6.07 Å². The number of rotatable bonds is 8. The van der Waals surface area contributed by atoms with Crippen molar-refractivity contribution in [2.75, 3.05) is 20.6 Å². The number of halogens is 1. The average Bonchev–Trinajstić information content (AvgIpc) is 3.12. The van der Waals surface area contributed by atoms with Crippen molar-refractivity contribution in [1.29, 1.82) is 0 Å². The molecule has 1 N–H and O–H groups in total. The topological polar surface area (TPSA) is 75.9 Å². The van der Waals surface area contributed by atoms with Crippen LogP contribution in [0.4, 0.5) is 4.39 Å². The molecular formula is C21H31FN6O. The van der Waals surface area contributed by atoms with Crippen LogP contribution in [0.5, 0.6) is 0 Å². The van der Waals surface area contributed by atoms with Gasteiger partial charge in [0, 0.05) is 19.0 Å². The second-order valence-electron chi connectivity index (χ2n) is 8.19. The van der Waals surface area contributed by atoms with Gasteiger partial charge in [0.25, 0.3) is 0 Å². The second-order valence-corrected chi connectivity index (χ2v) is 8.19. The Morgan fingerprint density at radius 2 is 2.07 bits per heavy atom. The minimum atomic E-state index is -0.624. The molecule has 1 amide bonds. The summed E-state index contributed by atoms with van der Waals surface area (Å²) in [4.78, 5) is 15.4. The highest BCUT2D eigenvalue weighted by Gasteiger charge is 2.29. The molecule has 158 valence electrons. The minimum absolute atomic E-state index is 0.146. The molecule has 1 aromatic carbocycles. The maximum atomic E-state index is 13.6. The summed E-state index contributed by atoms with van der Waals surface area (Å²) in [5, 5.41) is 14.7. The predicted octanol–water partition coefficient (Wildman–Crippen LogP) is 2.53. The Morgan fingerprint density at radius 1 is 1.31 bits per heavy atom. The lowest BCUT2D eigenvalue weighted by molar-refractivity contribution is -0.125. The number of aryl methyl sites for hydroxylation is 1.